The number of benzene rings is 1. The van der Waals surface area contributed by atoms with Crippen LogP contribution in [0.4, 0.5) is 0 Å². The summed E-state index contributed by atoms with van der Waals surface area (Å²) in [5.41, 5.74) is 1.73. The van der Waals surface area contributed by atoms with Crippen molar-refractivity contribution in [3.63, 3.8) is 0 Å². The maximum absolute atomic E-state index is 11.8. The molecule has 0 aliphatic heterocycles. The SMILES string of the molecule is CCOCCCNC(=O)CSCc1nc(-c2cccc(OC)c2)oc1C. The summed E-state index contributed by atoms with van der Waals surface area (Å²) in [7, 11) is 1.63. The average Bonchev–Trinajstić information content (AvgIpc) is 3.02. The third-order valence-corrected chi connectivity index (χ3v) is 4.62. The summed E-state index contributed by atoms with van der Waals surface area (Å²) in [6.45, 7) is 5.87. The van der Waals surface area contributed by atoms with Gasteiger partial charge in [-0.15, -0.1) is 11.8 Å². The molecule has 0 aliphatic rings. The van der Waals surface area contributed by atoms with E-state index in [-0.39, 0.29) is 5.91 Å². The van der Waals surface area contributed by atoms with Crippen LogP contribution < -0.4 is 10.1 Å². The lowest BCUT2D eigenvalue weighted by Gasteiger charge is -2.04. The minimum atomic E-state index is 0.0284. The molecule has 2 aromatic rings. The van der Waals surface area contributed by atoms with E-state index in [9.17, 15) is 4.79 Å². The van der Waals surface area contributed by atoms with E-state index in [4.69, 9.17) is 13.9 Å². The van der Waals surface area contributed by atoms with Gasteiger partial charge >= 0.3 is 0 Å². The summed E-state index contributed by atoms with van der Waals surface area (Å²) in [5, 5.41) is 2.89. The summed E-state index contributed by atoms with van der Waals surface area (Å²) in [4.78, 5) is 16.4. The van der Waals surface area contributed by atoms with E-state index in [2.05, 4.69) is 10.3 Å². The van der Waals surface area contributed by atoms with Gasteiger partial charge in [0.15, 0.2) is 0 Å². The molecule has 26 heavy (non-hydrogen) atoms. The van der Waals surface area contributed by atoms with Crippen molar-refractivity contribution in [2.45, 2.75) is 26.0 Å². The maximum Gasteiger partial charge on any atom is 0.230 e. The van der Waals surface area contributed by atoms with Crippen LogP contribution in [-0.2, 0) is 15.3 Å². The molecule has 0 radical (unpaired) electrons. The highest BCUT2D eigenvalue weighted by molar-refractivity contribution is 7.99. The molecule has 1 amide bonds. The summed E-state index contributed by atoms with van der Waals surface area (Å²) < 4.78 is 16.2. The molecule has 0 atom stereocenters. The highest BCUT2D eigenvalue weighted by atomic mass is 32.2. The van der Waals surface area contributed by atoms with Crippen molar-refractivity contribution < 1.29 is 18.7 Å². The second kappa shape index (κ2) is 10.9. The second-order valence-corrected chi connectivity index (χ2v) is 6.63. The second-order valence-electron chi connectivity index (χ2n) is 5.65. The monoisotopic (exact) mass is 378 g/mol. The van der Waals surface area contributed by atoms with Crippen molar-refractivity contribution in [2.24, 2.45) is 0 Å². The summed E-state index contributed by atoms with van der Waals surface area (Å²) in [6.07, 6.45) is 0.830. The van der Waals surface area contributed by atoms with Gasteiger partial charge in [0, 0.05) is 31.1 Å². The fraction of sp³-hybridized carbons (Fsp3) is 0.474. The number of amides is 1. The Morgan fingerprint density at radius 2 is 2.23 bits per heavy atom. The number of hydrogen-bond acceptors (Lipinski definition) is 6. The van der Waals surface area contributed by atoms with Gasteiger partial charge in [0.2, 0.25) is 11.8 Å². The van der Waals surface area contributed by atoms with Crippen LogP contribution in [0.25, 0.3) is 11.5 Å². The first-order valence-electron chi connectivity index (χ1n) is 8.67. The highest BCUT2D eigenvalue weighted by Crippen LogP contribution is 2.26. The van der Waals surface area contributed by atoms with Crippen LogP contribution in [0, 0.1) is 6.92 Å². The van der Waals surface area contributed by atoms with Crippen LogP contribution in [0.15, 0.2) is 28.7 Å². The quantitative estimate of drug-likeness (QED) is 0.604. The lowest BCUT2D eigenvalue weighted by Crippen LogP contribution is -2.27. The normalized spacial score (nSPS) is 10.7. The van der Waals surface area contributed by atoms with Gasteiger partial charge in [-0.1, -0.05) is 6.07 Å². The number of nitrogens with one attached hydrogen (secondary N) is 1. The number of rotatable bonds is 11. The fourth-order valence-corrected chi connectivity index (χ4v) is 3.13. The third kappa shape index (κ3) is 6.38. The molecule has 0 bridgehead atoms. The van der Waals surface area contributed by atoms with Gasteiger partial charge in [-0.05, 0) is 38.5 Å². The number of carbonyl (C=O) groups is 1. The Morgan fingerprint density at radius 1 is 1.38 bits per heavy atom. The summed E-state index contributed by atoms with van der Waals surface area (Å²) in [5.74, 6) is 3.15. The van der Waals surface area contributed by atoms with E-state index in [0.29, 0.717) is 37.2 Å². The molecule has 0 fully saturated rings. The lowest BCUT2D eigenvalue weighted by molar-refractivity contribution is -0.118. The molecule has 142 valence electrons. The molecular weight excluding hydrogens is 352 g/mol. The van der Waals surface area contributed by atoms with E-state index in [1.54, 1.807) is 7.11 Å². The topological polar surface area (TPSA) is 73.6 Å². The van der Waals surface area contributed by atoms with Crippen LogP contribution in [-0.4, -0.2) is 43.5 Å². The number of oxazole rings is 1. The van der Waals surface area contributed by atoms with Gasteiger partial charge in [-0.3, -0.25) is 4.79 Å². The van der Waals surface area contributed by atoms with Gasteiger partial charge in [0.25, 0.3) is 0 Å². The molecule has 0 unspecified atom stereocenters. The Kier molecular flexibility index (Phi) is 8.50. The maximum atomic E-state index is 11.8. The summed E-state index contributed by atoms with van der Waals surface area (Å²) >= 11 is 1.52. The van der Waals surface area contributed by atoms with Crippen molar-refractivity contribution >= 4 is 17.7 Å². The molecule has 0 saturated carbocycles. The van der Waals surface area contributed by atoms with Crippen molar-refractivity contribution in [2.75, 3.05) is 32.6 Å². The molecule has 1 heterocycles. The molecule has 0 spiro atoms. The third-order valence-electron chi connectivity index (χ3n) is 3.67. The molecule has 0 saturated heterocycles. The van der Waals surface area contributed by atoms with Crippen molar-refractivity contribution in [1.29, 1.82) is 0 Å². The van der Waals surface area contributed by atoms with Crippen LogP contribution in [0.2, 0.25) is 0 Å². The van der Waals surface area contributed by atoms with Gasteiger partial charge in [-0.25, -0.2) is 4.98 Å². The number of aromatic nitrogens is 1. The van der Waals surface area contributed by atoms with Crippen LogP contribution >= 0.6 is 11.8 Å². The lowest BCUT2D eigenvalue weighted by atomic mass is 10.2. The molecule has 0 aliphatic carbocycles. The molecule has 1 aromatic carbocycles. The Labute approximate surface area is 158 Å². The number of aryl methyl sites for hydroxylation is 1. The van der Waals surface area contributed by atoms with Crippen LogP contribution in [0.3, 0.4) is 0 Å². The standard InChI is InChI=1S/C19H26N2O4S/c1-4-24-10-6-9-20-18(22)13-26-12-17-14(2)25-19(21-17)15-7-5-8-16(11-15)23-3/h5,7-8,11H,4,6,9-10,12-13H2,1-3H3,(H,20,22). The number of ether oxygens (including phenoxy) is 2. The Morgan fingerprint density at radius 3 is 3.00 bits per heavy atom. The Balaban J connectivity index is 1.79. The average molecular weight is 378 g/mol. The first-order chi connectivity index (χ1) is 12.6. The molecule has 6 nitrogen and oxygen atoms in total. The highest BCUT2D eigenvalue weighted by Gasteiger charge is 2.13. The van der Waals surface area contributed by atoms with Gasteiger partial charge in [0.05, 0.1) is 18.6 Å². The Bertz CT molecular complexity index is 703. The minimum Gasteiger partial charge on any atom is -0.497 e. The fourth-order valence-electron chi connectivity index (χ4n) is 2.28. The Hall–Kier alpha value is -1.99. The first kappa shape index (κ1) is 20.3. The van der Waals surface area contributed by atoms with Gasteiger partial charge in [-0.2, -0.15) is 0 Å². The largest absolute Gasteiger partial charge is 0.497 e. The van der Waals surface area contributed by atoms with Crippen molar-refractivity contribution in [1.82, 2.24) is 10.3 Å². The van der Waals surface area contributed by atoms with Crippen LogP contribution in [0.1, 0.15) is 24.8 Å². The number of thioether (sulfide) groups is 1. The number of carbonyl (C=O) groups excluding carboxylic acids is 1. The van der Waals surface area contributed by atoms with E-state index in [1.165, 1.54) is 11.8 Å². The van der Waals surface area contributed by atoms with E-state index < -0.39 is 0 Å². The molecule has 1 N–H and O–H groups in total. The zero-order chi connectivity index (χ0) is 18.8. The van der Waals surface area contributed by atoms with E-state index in [1.807, 2.05) is 38.1 Å². The van der Waals surface area contributed by atoms with Gasteiger partial charge in [0.1, 0.15) is 11.5 Å². The molecule has 7 heteroatoms. The van der Waals surface area contributed by atoms with Crippen LogP contribution in [0.5, 0.6) is 5.75 Å². The number of methoxy groups -OCH3 is 1. The predicted octanol–water partition coefficient (Wildman–Crippen LogP) is 3.43. The van der Waals surface area contributed by atoms with E-state index in [0.717, 1.165) is 29.2 Å². The van der Waals surface area contributed by atoms with Crippen molar-refractivity contribution in [3.8, 4) is 17.2 Å². The van der Waals surface area contributed by atoms with Gasteiger partial charge < -0.3 is 19.2 Å². The zero-order valence-corrected chi connectivity index (χ0v) is 16.4. The number of hydrogen-bond donors (Lipinski definition) is 1. The molecule has 1 aromatic heterocycles. The van der Waals surface area contributed by atoms with Crippen molar-refractivity contribution in [3.05, 3.63) is 35.7 Å². The number of nitrogens with zero attached hydrogens (tertiary/aromatic N) is 1. The zero-order valence-electron chi connectivity index (χ0n) is 15.5. The smallest absolute Gasteiger partial charge is 0.230 e. The van der Waals surface area contributed by atoms with E-state index >= 15 is 0 Å². The molecule has 2 rings (SSSR count). The minimum absolute atomic E-state index is 0.0284. The summed E-state index contributed by atoms with van der Waals surface area (Å²) in [6, 6.07) is 7.60. The first-order valence-corrected chi connectivity index (χ1v) is 9.82. The predicted molar refractivity (Wildman–Crippen MR) is 104 cm³/mol. The molecular formula is C19H26N2O4S.